The molecule has 0 aliphatic carbocycles. The topological polar surface area (TPSA) is 87.7 Å². The van der Waals surface area contributed by atoms with Crippen molar-refractivity contribution in [1.29, 1.82) is 0 Å². The van der Waals surface area contributed by atoms with Crippen LogP contribution in [0.1, 0.15) is 15.9 Å². The molecule has 3 aromatic carbocycles. The Morgan fingerprint density at radius 2 is 1.71 bits per heavy atom. The van der Waals surface area contributed by atoms with E-state index in [1.165, 1.54) is 18.2 Å². The molecule has 0 bridgehead atoms. The van der Waals surface area contributed by atoms with E-state index in [9.17, 15) is 26.4 Å². The number of sulfonamides is 1. The molecular formula is C21H14Cl2F3N3O4S. The standard InChI is InChI=1S/C21H14Cl2F3N3O4S/c22-16-5-2-6-17(23)19(16)20(30)28-13-8-7-12-11-27-29(18(12)9-13)34(31,32)15-4-1-3-14(10-15)33-21(24,25)26/h1-10,27H,11H2,(H,28,30). The molecule has 1 aliphatic heterocycles. The van der Waals surface area contributed by atoms with Crippen molar-refractivity contribution < 1.29 is 31.1 Å². The van der Waals surface area contributed by atoms with Gasteiger partial charge in [0.15, 0.2) is 0 Å². The molecule has 0 saturated heterocycles. The second-order valence-electron chi connectivity index (χ2n) is 7.02. The molecule has 34 heavy (non-hydrogen) atoms. The molecule has 178 valence electrons. The predicted octanol–water partition coefficient (Wildman–Crippen LogP) is 5.36. The molecular weight excluding hydrogens is 518 g/mol. The van der Waals surface area contributed by atoms with Gasteiger partial charge < -0.3 is 10.1 Å². The van der Waals surface area contributed by atoms with Gasteiger partial charge in [-0.1, -0.05) is 41.4 Å². The van der Waals surface area contributed by atoms with Crippen LogP contribution >= 0.6 is 23.2 Å². The lowest BCUT2D eigenvalue weighted by atomic mass is 10.1. The molecule has 0 aromatic heterocycles. The van der Waals surface area contributed by atoms with E-state index in [1.807, 2.05) is 0 Å². The van der Waals surface area contributed by atoms with Crippen molar-refractivity contribution >= 4 is 50.5 Å². The van der Waals surface area contributed by atoms with Gasteiger partial charge in [-0.3, -0.25) is 4.79 Å². The SMILES string of the molecule is O=C(Nc1ccc2c(c1)N(S(=O)(=O)c1cccc(OC(F)(F)F)c1)NC2)c1c(Cl)cccc1Cl. The number of halogens is 5. The van der Waals surface area contributed by atoms with E-state index < -0.39 is 32.9 Å². The van der Waals surface area contributed by atoms with Gasteiger partial charge in [0.05, 0.1) is 26.2 Å². The van der Waals surface area contributed by atoms with Gasteiger partial charge in [-0.25, -0.2) is 5.43 Å². The molecule has 0 spiro atoms. The molecule has 0 unspecified atom stereocenters. The molecule has 0 atom stereocenters. The van der Waals surface area contributed by atoms with Crippen molar-refractivity contribution in [3.05, 3.63) is 81.8 Å². The molecule has 2 N–H and O–H groups in total. The number of carbonyl (C=O) groups is 1. The smallest absolute Gasteiger partial charge is 0.406 e. The highest BCUT2D eigenvalue weighted by molar-refractivity contribution is 7.92. The van der Waals surface area contributed by atoms with Crippen LogP contribution in [0.25, 0.3) is 0 Å². The highest BCUT2D eigenvalue weighted by Crippen LogP contribution is 2.34. The number of nitrogens with one attached hydrogen (secondary N) is 2. The van der Waals surface area contributed by atoms with Gasteiger partial charge in [0.2, 0.25) is 0 Å². The van der Waals surface area contributed by atoms with Crippen LogP contribution in [0.15, 0.2) is 65.6 Å². The summed E-state index contributed by atoms with van der Waals surface area (Å²) in [7, 11) is -4.32. The van der Waals surface area contributed by atoms with Crippen LogP contribution in [0.3, 0.4) is 0 Å². The quantitative estimate of drug-likeness (QED) is 0.462. The molecule has 3 aromatic rings. The van der Waals surface area contributed by atoms with E-state index in [-0.39, 0.29) is 33.5 Å². The third kappa shape index (κ3) is 4.92. The fraction of sp³-hybridized carbons (Fsp3) is 0.0952. The monoisotopic (exact) mass is 531 g/mol. The molecule has 13 heteroatoms. The summed E-state index contributed by atoms with van der Waals surface area (Å²) in [5.41, 5.74) is 3.75. The Labute approximate surface area is 202 Å². The van der Waals surface area contributed by atoms with Gasteiger partial charge in [0, 0.05) is 18.3 Å². The van der Waals surface area contributed by atoms with Crippen molar-refractivity contribution in [2.75, 3.05) is 9.73 Å². The maximum absolute atomic E-state index is 13.2. The highest BCUT2D eigenvalue weighted by Gasteiger charge is 2.34. The third-order valence-corrected chi connectivity index (χ3v) is 7.03. The normalized spacial score (nSPS) is 13.5. The molecule has 1 amide bonds. The molecule has 0 saturated carbocycles. The molecule has 1 heterocycles. The van der Waals surface area contributed by atoms with Crippen LogP contribution in [-0.4, -0.2) is 20.7 Å². The Morgan fingerprint density at radius 3 is 2.38 bits per heavy atom. The summed E-state index contributed by atoms with van der Waals surface area (Å²) in [6.07, 6.45) is -4.97. The van der Waals surface area contributed by atoms with Gasteiger partial charge in [-0.15, -0.1) is 13.2 Å². The fourth-order valence-corrected chi connectivity index (χ4v) is 5.24. The largest absolute Gasteiger partial charge is 0.573 e. The van der Waals surface area contributed by atoms with Gasteiger partial charge >= 0.3 is 6.36 Å². The van der Waals surface area contributed by atoms with Crippen LogP contribution < -0.4 is 19.9 Å². The number of amides is 1. The van der Waals surface area contributed by atoms with Crippen LogP contribution in [0.5, 0.6) is 5.75 Å². The second-order valence-corrected chi connectivity index (χ2v) is 9.62. The number of benzene rings is 3. The van der Waals surface area contributed by atoms with Crippen molar-refractivity contribution in [3.63, 3.8) is 0 Å². The number of hydrogen-bond acceptors (Lipinski definition) is 5. The Morgan fingerprint density at radius 1 is 1.03 bits per heavy atom. The van der Waals surface area contributed by atoms with E-state index in [0.29, 0.717) is 5.56 Å². The average Bonchev–Trinajstić information content (AvgIpc) is 3.16. The van der Waals surface area contributed by atoms with E-state index in [2.05, 4.69) is 15.5 Å². The Balaban J connectivity index is 1.63. The predicted molar refractivity (Wildman–Crippen MR) is 120 cm³/mol. The maximum Gasteiger partial charge on any atom is 0.573 e. The Bertz CT molecular complexity index is 1360. The zero-order valence-electron chi connectivity index (χ0n) is 16.9. The first-order valence-electron chi connectivity index (χ1n) is 9.49. The highest BCUT2D eigenvalue weighted by atomic mass is 35.5. The summed E-state index contributed by atoms with van der Waals surface area (Å²) in [5.74, 6) is -1.28. The minimum Gasteiger partial charge on any atom is -0.406 e. The van der Waals surface area contributed by atoms with E-state index in [1.54, 1.807) is 18.2 Å². The molecule has 4 rings (SSSR count). The van der Waals surface area contributed by atoms with E-state index in [4.69, 9.17) is 23.2 Å². The first-order valence-corrected chi connectivity index (χ1v) is 11.7. The summed E-state index contributed by atoms with van der Waals surface area (Å²) in [6, 6.07) is 13.2. The Kier molecular flexibility index (Phi) is 6.38. The Hall–Kier alpha value is -2.99. The number of anilines is 2. The van der Waals surface area contributed by atoms with Gasteiger partial charge in [0.1, 0.15) is 5.75 Å². The van der Waals surface area contributed by atoms with Crippen LogP contribution in [0, 0.1) is 0 Å². The maximum atomic E-state index is 13.2. The van der Waals surface area contributed by atoms with Crippen LogP contribution in [0.2, 0.25) is 10.0 Å². The van der Waals surface area contributed by atoms with E-state index >= 15 is 0 Å². The van der Waals surface area contributed by atoms with Crippen molar-refractivity contribution in [2.24, 2.45) is 0 Å². The lowest BCUT2D eigenvalue weighted by Gasteiger charge is -2.20. The fourth-order valence-electron chi connectivity index (χ4n) is 3.28. The number of hydrogen-bond donors (Lipinski definition) is 2. The average molecular weight is 532 g/mol. The molecule has 0 fully saturated rings. The summed E-state index contributed by atoms with van der Waals surface area (Å²) < 4.78 is 68.6. The summed E-state index contributed by atoms with van der Waals surface area (Å²) in [5, 5.41) is 2.89. The minimum atomic E-state index is -4.97. The number of ether oxygens (including phenoxy) is 1. The second kappa shape index (κ2) is 8.99. The minimum absolute atomic E-state index is 0.0513. The van der Waals surface area contributed by atoms with E-state index in [0.717, 1.165) is 28.7 Å². The van der Waals surface area contributed by atoms with Gasteiger partial charge in [-0.05, 0) is 42.0 Å². The van der Waals surface area contributed by atoms with Crippen molar-refractivity contribution in [1.82, 2.24) is 5.43 Å². The van der Waals surface area contributed by atoms with Crippen LogP contribution in [0.4, 0.5) is 24.5 Å². The lowest BCUT2D eigenvalue weighted by Crippen LogP contribution is -2.38. The zero-order chi connectivity index (χ0) is 24.7. The number of carbonyl (C=O) groups excluding carboxylic acids is 1. The number of hydrazine groups is 1. The molecule has 0 radical (unpaired) electrons. The van der Waals surface area contributed by atoms with Gasteiger partial charge in [0.25, 0.3) is 15.9 Å². The third-order valence-electron chi connectivity index (χ3n) is 4.74. The van der Waals surface area contributed by atoms with Gasteiger partial charge in [-0.2, -0.15) is 12.8 Å². The zero-order valence-corrected chi connectivity index (χ0v) is 19.2. The first-order chi connectivity index (χ1) is 16.0. The number of alkyl halides is 3. The first kappa shape index (κ1) is 24.1. The lowest BCUT2D eigenvalue weighted by molar-refractivity contribution is -0.274. The number of nitrogens with zero attached hydrogens (tertiary/aromatic N) is 1. The van der Waals surface area contributed by atoms with Crippen molar-refractivity contribution in [2.45, 2.75) is 17.8 Å². The summed E-state index contributed by atoms with van der Waals surface area (Å²) in [6.45, 7) is 0.137. The number of fused-ring (bicyclic) bond motifs is 1. The molecule has 1 aliphatic rings. The van der Waals surface area contributed by atoms with Crippen molar-refractivity contribution in [3.8, 4) is 5.75 Å². The van der Waals surface area contributed by atoms with Crippen LogP contribution in [-0.2, 0) is 16.6 Å². The summed E-state index contributed by atoms with van der Waals surface area (Å²) >= 11 is 12.1. The number of rotatable bonds is 5. The molecule has 7 nitrogen and oxygen atoms in total. The summed E-state index contributed by atoms with van der Waals surface area (Å²) in [4.78, 5) is 12.2.